The topological polar surface area (TPSA) is 95.9 Å². The van der Waals surface area contributed by atoms with Gasteiger partial charge in [0.15, 0.2) is 0 Å². The quantitative estimate of drug-likeness (QED) is 0.0321. The monoisotopic (exact) mass is 902 g/mol. The molecule has 64 heavy (non-hydrogen) atoms. The van der Waals surface area contributed by atoms with Crippen LogP contribution in [0.2, 0.25) is 0 Å². The van der Waals surface area contributed by atoms with E-state index in [1.807, 2.05) is 6.08 Å². The molecule has 0 saturated carbocycles. The number of aliphatic hydroxyl groups is 2. The van der Waals surface area contributed by atoms with Crippen molar-refractivity contribution >= 4 is 11.9 Å². The maximum absolute atomic E-state index is 12.5. The first-order valence-corrected chi connectivity index (χ1v) is 28.6. The van der Waals surface area contributed by atoms with Crippen LogP contribution in [0.25, 0.3) is 0 Å². The minimum atomic E-state index is -0.849. The highest BCUT2D eigenvalue weighted by atomic mass is 16.5. The second kappa shape index (κ2) is 54.0. The van der Waals surface area contributed by atoms with Gasteiger partial charge in [-0.1, -0.05) is 263 Å². The fourth-order valence-electron chi connectivity index (χ4n) is 8.81. The van der Waals surface area contributed by atoms with E-state index < -0.39 is 12.1 Å². The smallest absolute Gasteiger partial charge is 0.305 e. The minimum absolute atomic E-state index is 0.00559. The SMILES string of the molecule is CCCCCCCC/C=C\CCCCCCCC(=O)OCCCCCCCCCCCCCCCCCCC(=O)NC(CO)C(O)/C=C/CCCCCCCCCCCCCCCC. The van der Waals surface area contributed by atoms with Crippen LogP contribution in [-0.4, -0.2) is 47.4 Å². The van der Waals surface area contributed by atoms with Gasteiger partial charge in [-0.2, -0.15) is 0 Å². The third kappa shape index (κ3) is 49.8. The number of esters is 1. The highest BCUT2D eigenvalue weighted by Gasteiger charge is 2.18. The van der Waals surface area contributed by atoms with Crippen molar-refractivity contribution in [2.45, 2.75) is 321 Å². The van der Waals surface area contributed by atoms with Crippen molar-refractivity contribution in [1.29, 1.82) is 0 Å². The van der Waals surface area contributed by atoms with Gasteiger partial charge in [0.05, 0.1) is 25.4 Å². The molecule has 0 rings (SSSR count). The second-order valence-corrected chi connectivity index (χ2v) is 19.6. The molecule has 2 atom stereocenters. The molecular formula is C58H111NO5. The van der Waals surface area contributed by atoms with E-state index in [4.69, 9.17) is 4.74 Å². The van der Waals surface area contributed by atoms with Crippen molar-refractivity contribution in [3.8, 4) is 0 Å². The predicted molar refractivity (Wildman–Crippen MR) is 278 cm³/mol. The summed E-state index contributed by atoms with van der Waals surface area (Å²) in [6.07, 6.45) is 64.7. The van der Waals surface area contributed by atoms with Gasteiger partial charge in [-0.05, 0) is 57.8 Å². The summed E-state index contributed by atoms with van der Waals surface area (Å²) in [5.41, 5.74) is 0. The Bertz CT molecular complexity index is 997. The molecule has 0 aliphatic heterocycles. The lowest BCUT2D eigenvalue weighted by Crippen LogP contribution is -2.45. The van der Waals surface area contributed by atoms with E-state index in [1.54, 1.807) is 6.08 Å². The summed E-state index contributed by atoms with van der Waals surface area (Å²) in [4.78, 5) is 24.5. The average molecular weight is 903 g/mol. The number of rotatable bonds is 53. The van der Waals surface area contributed by atoms with E-state index in [2.05, 4.69) is 31.3 Å². The molecule has 6 nitrogen and oxygen atoms in total. The van der Waals surface area contributed by atoms with Gasteiger partial charge >= 0.3 is 5.97 Å². The van der Waals surface area contributed by atoms with Gasteiger partial charge in [0.25, 0.3) is 0 Å². The molecule has 0 aliphatic rings. The van der Waals surface area contributed by atoms with Crippen molar-refractivity contribution in [1.82, 2.24) is 5.32 Å². The number of nitrogens with one attached hydrogen (secondary N) is 1. The fraction of sp³-hybridized carbons (Fsp3) is 0.897. The number of carbonyl (C=O) groups excluding carboxylic acids is 2. The zero-order valence-corrected chi connectivity index (χ0v) is 43.0. The third-order valence-corrected chi connectivity index (χ3v) is 13.2. The normalized spacial score (nSPS) is 12.8. The molecule has 0 aromatic heterocycles. The van der Waals surface area contributed by atoms with Crippen LogP contribution in [0.1, 0.15) is 309 Å². The molecule has 0 saturated heterocycles. The second-order valence-electron chi connectivity index (χ2n) is 19.6. The van der Waals surface area contributed by atoms with Crippen molar-refractivity contribution in [2.75, 3.05) is 13.2 Å². The Morgan fingerprint density at radius 2 is 0.734 bits per heavy atom. The van der Waals surface area contributed by atoms with Gasteiger partial charge in [-0.15, -0.1) is 0 Å². The highest BCUT2D eigenvalue weighted by Crippen LogP contribution is 2.17. The molecular weight excluding hydrogens is 791 g/mol. The number of aliphatic hydroxyl groups excluding tert-OH is 2. The molecule has 0 heterocycles. The average Bonchev–Trinajstić information content (AvgIpc) is 3.29. The lowest BCUT2D eigenvalue weighted by Gasteiger charge is -2.20. The van der Waals surface area contributed by atoms with Gasteiger partial charge in [0.1, 0.15) is 0 Å². The van der Waals surface area contributed by atoms with Gasteiger partial charge < -0.3 is 20.3 Å². The van der Waals surface area contributed by atoms with Gasteiger partial charge in [-0.3, -0.25) is 9.59 Å². The molecule has 0 aromatic rings. The highest BCUT2D eigenvalue weighted by molar-refractivity contribution is 5.76. The Kier molecular flexibility index (Phi) is 52.6. The van der Waals surface area contributed by atoms with Crippen LogP contribution in [0, 0.1) is 0 Å². The Hall–Kier alpha value is -1.66. The van der Waals surface area contributed by atoms with Crippen molar-refractivity contribution < 1.29 is 24.5 Å². The van der Waals surface area contributed by atoms with Crippen LogP contribution in [0.15, 0.2) is 24.3 Å². The minimum Gasteiger partial charge on any atom is -0.466 e. The van der Waals surface area contributed by atoms with Crippen LogP contribution < -0.4 is 5.32 Å². The van der Waals surface area contributed by atoms with Gasteiger partial charge in [0.2, 0.25) is 5.91 Å². The third-order valence-electron chi connectivity index (χ3n) is 13.2. The number of unbranched alkanes of at least 4 members (excludes halogenated alkanes) is 40. The number of amides is 1. The van der Waals surface area contributed by atoms with Crippen LogP contribution in [0.3, 0.4) is 0 Å². The fourth-order valence-corrected chi connectivity index (χ4v) is 8.81. The molecule has 0 fully saturated rings. The maximum Gasteiger partial charge on any atom is 0.305 e. The van der Waals surface area contributed by atoms with E-state index in [-0.39, 0.29) is 18.5 Å². The van der Waals surface area contributed by atoms with Gasteiger partial charge in [0, 0.05) is 12.8 Å². The standard InChI is InChI=1S/C58H111NO5/c1-3-5-7-9-11-13-15-17-19-23-26-30-34-38-42-46-50-56(61)55(54-60)59-57(62)51-47-43-39-35-31-27-24-20-21-25-29-33-37-41-45-49-53-64-58(63)52-48-44-40-36-32-28-22-18-16-14-12-10-8-6-4-2/h18,22,46,50,55-56,60-61H,3-17,19-21,23-45,47-49,51-54H2,1-2H3,(H,59,62)/b22-18-,50-46+. The molecule has 0 aliphatic carbocycles. The summed E-state index contributed by atoms with van der Waals surface area (Å²) in [7, 11) is 0. The Labute approximate surface area is 399 Å². The first-order valence-electron chi connectivity index (χ1n) is 28.6. The number of hydrogen-bond donors (Lipinski definition) is 3. The van der Waals surface area contributed by atoms with Crippen molar-refractivity contribution in [2.24, 2.45) is 0 Å². The summed E-state index contributed by atoms with van der Waals surface area (Å²) in [5.74, 6) is -0.0791. The molecule has 378 valence electrons. The maximum atomic E-state index is 12.5. The summed E-state index contributed by atoms with van der Waals surface area (Å²) in [6, 6.07) is -0.633. The van der Waals surface area contributed by atoms with Crippen LogP contribution in [0.4, 0.5) is 0 Å². The summed E-state index contributed by atoms with van der Waals surface area (Å²) in [6.45, 7) is 4.89. The number of carbonyl (C=O) groups is 2. The van der Waals surface area contributed by atoms with Crippen LogP contribution in [-0.2, 0) is 14.3 Å². The Morgan fingerprint density at radius 1 is 0.422 bits per heavy atom. The summed E-state index contributed by atoms with van der Waals surface area (Å²) < 4.78 is 5.47. The van der Waals surface area contributed by atoms with Crippen molar-refractivity contribution in [3.63, 3.8) is 0 Å². The van der Waals surface area contributed by atoms with E-state index >= 15 is 0 Å². The molecule has 0 spiro atoms. The molecule has 6 heteroatoms. The lowest BCUT2D eigenvalue weighted by atomic mass is 10.0. The number of allylic oxidation sites excluding steroid dienone is 3. The summed E-state index contributed by atoms with van der Waals surface area (Å²) in [5, 5.41) is 23.1. The first-order chi connectivity index (χ1) is 31.5. The van der Waals surface area contributed by atoms with E-state index in [9.17, 15) is 19.8 Å². The molecule has 1 amide bonds. The molecule has 0 aromatic carbocycles. The summed E-state index contributed by atoms with van der Waals surface area (Å²) >= 11 is 0. The van der Waals surface area contributed by atoms with E-state index in [1.165, 1.54) is 238 Å². The molecule has 0 radical (unpaired) electrons. The lowest BCUT2D eigenvalue weighted by molar-refractivity contribution is -0.143. The molecule has 3 N–H and O–H groups in total. The Balaban J connectivity index is 3.45. The largest absolute Gasteiger partial charge is 0.466 e. The molecule has 0 bridgehead atoms. The van der Waals surface area contributed by atoms with Crippen LogP contribution >= 0.6 is 0 Å². The van der Waals surface area contributed by atoms with Crippen LogP contribution in [0.5, 0.6) is 0 Å². The van der Waals surface area contributed by atoms with E-state index in [0.29, 0.717) is 19.4 Å². The molecule has 2 unspecified atom stereocenters. The van der Waals surface area contributed by atoms with Crippen molar-refractivity contribution in [3.05, 3.63) is 24.3 Å². The first kappa shape index (κ1) is 62.3. The zero-order valence-electron chi connectivity index (χ0n) is 43.0. The zero-order chi connectivity index (χ0) is 46.5. The Morgan fingerprint density at radius 3 is 1.11 bits per heavy atom. The van der Waals surface area contributed by atoms with E-state index in [0.717, 1.165) is 44.9 Å². The predicted octanol–water partition coefficient (Wildman–Crippen LogP) is 17.5. The number of ether oxygens (including phenoxy) is 1. The van der Waals surface area contributed by atoms with Gasteiger partial charge in [-0.25, -0.2) is 0 Å². The number of hydrogen-bond acceptors (Lipinski definition) is 5.